The Bertz CT molecular complexity index is 930. The van der Waals surface area contributed by atoms with E-state index in [9.17, 15) is 28.9 Å². The summed E-state index contributed by atoms with van der Waals surface area (Å²) in [6, 6.07) is 9.01. The predicted molar refractivity (Wildman–Crippen MR) is 94.6 cm³/mol. The molecule has 2 aromatic carbocycles. The number of nitrogens with one attached hydrogen (secondary N) is 1. The standard InChI is InChI=1S/C18H15FN2O7/c1-11(22)12-3-2-4-14(7-12)27-10-18(24)28-9-17(23)20-13-5-6-15(19)16(8-13)21(25)26/h2-8H,9-10H2,1H3,(H,20,23). The van der Waals surface area contributed by atoms with Crippen LogP contribution < -0.4 is 10.1 Å². The summed E-state index contributed by atoms with van der Waals surface area (Å²) in [5.74, 6) is -2.53. The number of nitrogens with zero attached hydrogens (tertiary/aromatic N) is 1. The zero-order chi connectivity index (χ0) is 20.7. The summed E-state index contributed by atoms with van der Waals surface area (Å²) < 4.78 is 23.2. The van der Waals surface area contributed by atoms with Crippen molar-refractivity contribution in [2.75, 3.05) is 18.5 Å². The Kier molecular flexibility index (Phi) is 6.74. The lowest BCUT2D eigenvalue weighted by Gasteiger charge is -2.08. The Balaban J connectivity index is 1.82. The molecule has 0 heterocycles. The Hall–Kier alpha value is -3.82. The average molecular weight is 390 g/mol. The van der Waals surface area contributed by atoms with Gasteiger partial charge in [-0.1, -0.05) is 12.1 Å². The smallest absolute Gasteiger partial charge is 0.344 e. The SMILES string of the molecule is CC(=O)c1cccc(OCC(=O)OCC(=O)Nc2ccc(F)c([N+](=O)[O-])c2)c1. The van der Waals surface area contributed by atoms with Crippen LogP contribution in [0.2, 0.25) is 0 Å². The van der Waals surface area contributed by atoms with Gasteiger partial charge in [0.15, 0.2) is 19.0 Å². The number of ketones is 1. The number of hydrogen-bond acceptors (Lipinski definition) is 7. The van der Waals surface area contributed by atoms with Gasteiger partial charge >= 0.3 is 11.7 Å². The van der Waals surface area contributed by atoms with Crippen molar-refractivity contribution in [1.82, 2.24) is 0 Å². The lowest BCUT2D eigenvalue weighted by atomic mass is 10.1. The predicted octanol–water partition coefficient (Wildman–Crippen LogP) is 2.50. The van der Waals surface area contributed by atoms with E-state index in [2.05, 4.69) is 5.32 Å². The molecule has 0 unspecified atom stereocenters. The molecule has 0 saturated carbocycles. The van der Waals surface area contributed by atoms with Crippen LogP contribution in [0.5, 0.6) is 5.75 Å². The third-order valence-corrected chi connectivity index (χ3v) is 3.39. The van der Waals surface area contributed by atoms with Crippen molar-refractivity contribution in [2.24, 2.45) is 0 Å². The second-order valence-electron chi connectivity index (χ2n) is 5.50. The minimum atomic E-state index is -1.04. The summed E-state index contributed by atoms with van der Waals surface area (Å²) in [6.07, 6.45) is 0. The zero-order valence-corrected chi connectivity index (χ0v) is 14.6. The van der Waals surface area contributed by atoms with Gasteiger partial charge in [0.25, 0.3) is 5.91 Å². The van der Waals surface area contributed by atoms with E-state index in [0.717, 1.165) is 18.2 Å². The first-order chi connectivity index (χ1) is 13.3. The maximum Gasteiger partial charge on any atom is 0.344 e. The molecule has 0 radical (unpaired) electrons. The number of nitro benzene ring substituents is 1. The third kappa shape index (κ3) is 5.87. The fourth-order valence-corrected chi connectivity index (χ4v) is 2.06. The minimum Gasteiger partial charge on any atom is -0.482 e. The van der Waals surface area contributed by atoms with Crippen LogP contribution in [0.25, 0.3) is 0 Å². The van der Waals surface area contributed by atoms with E-state index in [4.69, 9.17) is 9.47 Å². The normalized spacial score (nSPS) is 10.1. The van der Waals surface area contributed by atoms with Crippen LogP contribution in [0.4, 0.5) is 15.8 Å². The molecule has 146 valence electrons. The number of nitro groups is 1. The van der Waals surface area contributed by atoms with E-state index >= 15 is 0 Å². The number of carbonyl (C=O) groups is 3. The topological polar surface area (TPSA) is 125 Å². The maximum absolute atomic E-state index is 13.2. The van der Waals surface area contributed by atoms with Crippen molar-refractivity contribution in [3.63, 3.8) is 0 Å². The Morgan fingerprint density at radius 2 is 1.89 bits per heavy atom. The molecule has 2 aromatic rings. The second kappa shape index (κ2) is 9.21. The number of ether oxygens (including phenoxy) is 2. The van der Waals surface area contributed by atoms with Crippen LogP contribution in [0.1, 0.15) is 17.3 Å². The van der Waals surface area contributed by atoms with Crippen LogP contribution >= 0.6 is 0 Å². The molecule has 0 aliphatic carbocycles. The molecule has 0 saturated heterocycles. The Morgan fingerprint density at radius 1 is 1.14 bits per heavy atom. The van der Waals surface area contributed by atoms with Crippen LogP contribution in [0, 0.1) is 15.9 Å². The summed E-state index contributed by atoms with van der Waals surface area (Å²) in [6.45, 7) is 0.235. The van der Waals surface area contributed by atoms with E-state index in [-0.39, 0.29) is 17.2 Å². The highest BCUT2D eigenvalue weighted by Gasteiger charge is 2.16. The molecule has 1 N–H and O–H groups in total. The van der Waals surface area contributed by atoms with Crippen molar-refractivity contribution in [3.8, 4) is 5.75 Å². The molecule has 0 fully saturated rings. The van der Waals surface area contributed by atoms with Crippen molar-refractivity contribution >= 4 is 29.0 Å². The van der Waals surface area contributed by atoms with Crippen molar-refractivity contribution < 1.29 is 33.2 Å². The molecular weight excluding hydrogens is 375 g/mol. The Labute approximate surface area is 158 Å². The highest BCUT2D eigenvalue weighted by molar-refractivity contribution is 5.94. The molecule has 0 spiro atoms. The van der Waals surface area contributed by atoms with Gasteiger partial charge in [-0.2, -0.15) is 4.39 Å². The monoisotopic (exact) mass is 390 g/mol. The average Bonchev–Trinajstić information content (AvgIpc) is 2.66. The first-order valence-electron chi connectivity index (χ1n) is 7.89. The Morgan fingerprint density at radius 3 is 2.57 bits per heavy atom. The summed E-state index contributed by atoms with van der Waals surface area (Å²) in [4.78, 5) is 44.4. The quantitative estimate of drug-likeness (QED) is 0.318. The highest BCUT2D eigenvalue weighted by atomic mass is 19.1. The van der Waals surface area contributed by atoms with Gasteiger partial charge in [-0.15, -0.1) is 0 Å². The van der Waals surface area contributed by atoms with Gasteiger partial charge in [-0.3, -0.25) is 19.7 Å². The summed E-state index contributed by atoms with van der Waals surface area (Å²) in [7, 11) is 0. The highest BCUT2D eigenvalue weighted by Crippen LogP contribution is 2.21. The van der Waals surface area contributed by atoms with Gasteiger partial charge in [0.1, 0.15) is 5.75 Å². The second-order valence-corrected chi connectivity index (χ2v) is 5.50. The van der Waals surface area contributed by atoms with Crippen LogP contribution in [-0.2, 0) is 14.3 Å². The fourth-order valence-electron chi connectivity index (χ4n) is 2.06. The number of amides is 1. The zero-order valence-electron chi connectivity index (χ0n) is 14.6. The molecule has 10 heteroatoms. The summed E-state index contributed by atoms with van der Waals surface area (Å²) in [5.41, 5.74) is -0.402. The summed E-state index contributed by atoms with van der Waals surface area (Å²) >= 11 is 0. The van der Waals surface area contributed by atoms with Crippen molar-refractivity contribution in [1.29, 1.82) is 0 Å². The lowest BCUT2D eigenvalue weighted by molar-refractivity contribution is -0.387. The molecule has 0 aliphatic heterocycles. The molecule has 0 aliphatic rings. The number of esters is 1. The van der Waals surface area contributed by atoms with Crippen molar-refractivity contribution in [2.45, 2.75) is 6.92 Å². The van der Waals surface area contributed by atoms with E-state index in [0.29, 0.717) is 5.56 Å². The largest absolute Gasteiger partial charge is 0.482 e. The first kappa shape index (κ1) is 20.5. The molecule has 0 aromatic heterocycles. The molecule has 2 rings (SSSR count). The number of benzene rings is 2. The van der Waals surface area contributed by atoms with Gasteiger partial charge in [-0.05, 0) is 31.2 Å². The van der Waals surface area contributed by atoms with Gasteiger partial charge in [0.05, 0.1) is 4.92 Å². The van der Waals surface area contributed by atoms with E-state index in [1.807, 2.05) is 0 Å². The number of hydrogen-bond donors (Lipinski definition) is 1. The van der Waals surface area contributed by atoms with Gasteiger partial charge < -0.3 is 14.8 Å². The molecule has 28 heavy (non-hydrogen) atoms. The number of anilines is 1. The van der Waals surface area contributed by atoms with Crippen LogP contribution in [0.3, 0.4) is 0 Å². The van der Waals surface area contributed by atoms with Crippen LogP contribution in [-0.4, -0.2) is 35.8 Å². The minimum absolute atomic E-state index is 0.0218. The number of halogens is 1. The van der Waals surface area contributed by atoms with E-state index in [1.54, 1.807) is 18.2 Å². The summed E-state index contributed by atoms with van der Waals surface area (Å²) in [5, 5.41) is 12.9. The molecule has 1 amide bonds. The molecule has 9 nitrogen and oxygen atoms in total. The van der Waals surface area contributed by atoms with E-state index < -0.39 is 41.5 Å². The van der Waals surface area contributed by atoms with Gasteiger partial charge in [-0.25, -0.2) is 4.79 Å². The number of Topliss-reactive ketones (excluding diaryl/α,β-unsaturated/α-hetero) is 1. The lowest BCUT2D eigenvalue weighted by Crippen LogP contribution is -2.23. The van der Waals surface area contributed by atoms with E-state index in [1.165, 1.54) is 13.0 Å². The first-order valence-corrected chi connectivity index (χ1v) is 7.89. The van der Waals surface area contributed by atoms with Gasteiger partial charge in [0.2, 0.25) is 5.82 Å². The van der Waals surface area contributed by atoms with Crippen LogP contribution in [0.15, 0.2) is 42.5 Å². The molecule has 0 bridgehead atoms. The fraction of sp³-hybridized carbons (Fsp3) is 0.167. The molecular formula is C18H15FN2O7. The third-order valence-electron chi connectivity index (χ3n) is 3.39. The van der Waals surface area contributed by atoms with Gasteiger partial charge in [0, 0.05) is 17.3 Å². The molecule has 0 atom stereocenters. The number of rotatable bonds is 8. The number of carbonyl (C=O) groups excluding carboxylic acids is 3. The maximum atomic E-state index is 13.2. The van der Waals surface area contributed by atoms with Crippen molar-refractivity contribution in [3.05, 3.63) is 64.0 Å².